The van der Waals surface area contributed by atoms with Gasteiger partial charge in [-0.3, -0.25) is 9.59 Å². The van der Waals surface area contributed by atoms with E-state index < -0.39 is 46.6 Å². The molecular weight excluding hydrogens is 410 g/mol. The molecule has 150 valence electrons. The molecule has 9 nitrogen and oxygen atoms in total. The molecule has 12 heteroatoms. The second-order valence-corrected chi connectivity index (χ2v) is 6.63. The predicted octanol–water partition coefficient (Wildman–Crippen LogP) is 1.82. The fraction of sp³-hybridized carbons (Fsp3) is 0.0588. The lowest BCUT2D eigenvalue weighted by atomic mass is 10.1. The number of carboxylic acids is 1. The first-order valence-electron chi connectivity index (χ1n) is 7.85. The number of rotatable bonds is 5. The number of halogens is 2. The molecule has 1 amide bonds. The third-order valence-electron chi connectivity index (χ3n) is 3.81. The smallest absolute Gasteiger partial charge is 0.358 e. The van der Waals surface area contributed by atoms with Gasteiger partial charge in [-0.25, -0.2) is 18.6 Å². The fourth-order valence-electron chi connectivity index (χ4n) is 2.42. The summed E-state index contributed by atoms with van der Waals surface area (Å²) < 4.78 is 27.2. The predicted molar refractivity (Wildman–Crippen MR) is 98.7 cm³/mol. The maximum atomic E-state index is 13.9. The number of aromatic carboxylic acids is 1. The lowest BCUT2D eigenvalue weighted by Gasteiger charge is -2.14. The number of benzene rings is 1. The summed E-state index contributed by atoms with van der Waals surface area (Å²) in [5.41, 5.74) is 3.50. The summed E-state index contributed by atoms with van der Waals surface area (Å²) in [5, 5.41) is 22.5. The molecule has 0 saturated heterocycles. The lowest BCUT2D eigenvalue weighted by Crippen LogP contribution is -2.28. The van der Waals surface area contributed by atoms with Crippen molar-refractivity contribution in [2.75, 3.05) is 5.32 Å². The van der Waals surface area contributed by atoms with E-state index in [1.807, 2.05) is 0 Å². The third-order valence-corrected chi connectivity index (χ3v) is 4.73. The van der Waals surface area contributed by atoms with Crippen molar-refractivity contribution >= 4 is 28.9 Å². The van der Waals surface area contributed by atoms with Crippen molar-refractivity contribution < 1.29 is 28.6 Å². The lowest BCUT2D eigenvalue weighted by molar-refractivity contribution is -0.117. The van der Waals surface area contributed by atoms with Crippen molar-refractivity contribution in [1.82, 2.24) is 9.97 Å². The number of aromatic hydroxyl groups is 1. The largest absolute Gasteiger partial charge is 0.501 e. The standard InChI is InChI=1S/C17H12F2N4O5S/c18-6-1-2-8(19)7(5-6)10(20)15(25)21-9-3-4-29-13(9)14-22-11(17(27)28)12(24)16(26)23-14/h1-5,10,24H,20H2,(H,21,25)(H,27,28)(H,22,23,26). The van der Waals surface area contributed by atoms with Gasteiger partial charge < -0.3 is 26.2 Å². The molecule has 0 aliphatic carbocycles. The van der Waals surface area contributed by atoms with Crippen molar-refractivity contribution in [1.29, 1.82) is 0 Å². The average Bonchev–Trinajstić information content (AvgIpc) is 3.13. The van der Waals surface area contributed by atoms with Gasteiger partial charge in [0.2, 0.25) is 11.7 Å². The first kappa shape index (κ1) is 20.1. The maximum Gasteiger partial charge on any atom is 0.358 e. The van der Waals surface area contributed by atoms with Gasteiger partial charge in [-0.05, 0) is 29.6 Å². The Labute approximate surface area is 164 Å². The molecule has 0 bridgehead atoms. The summed E-state index contributed by atoms with van der Waals surface area (Å²) in [4.78, 5) is 41.4. The maximum absolute atomic E-state index is 13.9. The Morgan fingerprint density at radius 3 is 2.69 bits per heavy atom. The van der Waals surface area contributed by atoms with Crippen molar-refractivity contribution in [3.63, 3.8) is 0 Å². The van der Waals surface area contributed by atoms with Crippen LogP contribution in [-0.4, -0.2) is 32.1 Å². The Balaban J connectivity index is 1.93. The van der Waals surface area contributed by atoms with Crippen molar-refractivity contribution in [2.24, 2.45) is 5.73 Å². The Morgan fingerprint density at radius 1 is 1.28 bits per heavy atom. The molecule has 29 heavy (non-hydrogen) atoms. The van der Waals surface area contributed by atoms with E-state index in [0.717, 1.165) is 29.5 Å². The van der Waals surface area contributed by atoms with Gasteiger partial charge in [0.1, 0.15) is 17.7 Å². The van der Waals surface area contributed by atoms with Crippen molar-refractivity contribution in [3.8, 4) is 16.5 Å². The van der Waals surface area contributed by atoms with E-state index >= 15 is 0 Å². The van der Waals surface area contributed by atoms with Crippen LogP contribution in [0.25, 0.3) is 10.7 Å². The molecule has 0 saturated carbocycles. The molecule has 1 unspecified atom stereocenters. The molecule has 1 aromatic carbocycles. The molecule has 0 aliphatic heterocycles. The number of H-pyrrole nitrogens is 1. The topological polar surface area (TPSA) is 158 Å². The number of nitrogens with two attached hydrogens (primary N) is 1. The first-order valence-corrected chi connectivity index (χ1v) is 8.72. The number of aromatic amines is 1. The number of aromatic nitrogens is 2. The van der Waals surface area contributed by atoms with Gasteiger partial charge in [0.15, 0.2) is 11.5 Å². The van der Waals surface area contributed by atoms with E-state index in [-0.39, 0.29) is 22.0 Å². The van der Waals surface area contributed by atoms with Gasteiger partial charge in [-0.15, -0.1) is 11.3 Å². The zero-order valence-corrected chi connectivity index (χ0v) is 15.1. The number of thiophene rings is 1. The summed E-state index contributed by atoms with van der Waals surface area (Å²) in [6.45, 7) is 0. The SMILES string of the molecule is NC(C(=O)Nc1ccsc1-c1nc(C(=O)O)c(O)c(=O)[nH]1)c1cc(F)ccc1F. The van der Waals surface area contributed by atoms with E-state index in [0.29, 0.717) is 0 Å². The number of hydrogen-bond donors (Lipinski definition) is 5. The van der Waals surface area contributed by atoms with Crippen LogP contribution < -0.4 is 16.6 Å². The number of carboxylic acid groups (broad SMARTS) is 1. The summed E-state index contributed by atoms with van der Waals surface area (Å²) in [5.74, 6) is -5.43. The molecule has 2 heterocycles. The number of carbonyl (C=O) groups excluding carboxylic acids is 1. The van der Waals surface area contributed by atoms with E-state index in [2.05, 4.69) is 15.3 Å². The van der Waals surface area contributed by atoms with Crippen LogP contribution in [0.4, 0.5) is 14.5 Å². The van der Waals surface area contributed by atoms with Gasteiger partial charge in [0.05, 0.1) is 10.6 Å². The van der Waals surface area contributed by atoms with Crippen LogP contribution in [0.5, 0.6) is 5.75 Å². The zero-order chi connectivity index (χ0) is 21.3. The summed E-state index contributed by atoms with van der Waals surface area (Å²) in [6.07, 6.45) is 0. The summed E-state index contributed by atoms with van der Waals surface area (Å²) >= 11 is 0.996. The highest BCUT2D eigenvalue weighted by Crippen LogP contribution is 2.32. The number of nitrogens with one attached hydrogen (secondary N) is 2. The van der Waals surface area contributed by atoms with Crippen LogP contribution in [0.2, 0.25) is 0 Å². The van der Waals surface area contributed by atoms with Crippen LogP contribution in [0.15, 0.2) is 34.4 Å². The Bertz CT molecular complexity index is 1180. The molecule has 0 spiro atoms. The van der Waals surface area contributed by atoms with Crippen LogP contribution in [-0.2, 0) is 4.79 Å². The average molecular weight is 422 g/mol. The number of nitrogens with zero attached hydrogens (tertiary/aromatic N) is 1. The molecule has 1 atom stereocenters. The fourth-order valence-corrected chi connectivity index (χ4v) is 3.21. The third kappa shape index (κ3) is 3.97. The highest BCUT2D eigenvalue weighted by molar-refractivity contribution is 7.14. The molecule has 3 rings (SSSR count). The van der Waals surface area contributed by atoms with E-state index in [1.54, 1.807) is 0 Å². The summed E-state index contributed by atoms with van der Waals surface area (Å²) in [7, 11) is 0. The Kier molecular flexibility index (Phi) is 5.39. The van der Waals surface area contributed by atoms with Gasteiger partial charge in [0, 0.05) is 5.56 Å². The number of carbonyl (C=O) groups is 2. The highest BCUT2D eigenvalue weighted by Gasteiger charge is 2.23. The van der Waals surface area contributed by atoms with Crippen molar-refractivity contribution in [2.45, 2.75) is 6.04 Å². The summed E-state index contributed by atoms with van der Waals surface area (Å²) in [6, 6.07) is 2.39. The quantitative estimate of drug-likeness (QED) is 0.419. The van der Waals surface area contributed by atoms with E-state index in [9.17, 15) is 28.3 Å². The van der Waals surface area contributed by atoms with E-state index in [1.165, 1.54) is 11.4 Å². The second-order valence-electron chi connectivity index (χ2n) is 5.71. The van der Waals surface area contributed by atoms with Gasteiger partial charge in [-0.2, -0.15) is 0 Å². The molecule has 0 radical (unpaired) electrons. The van der Waals surface area contributed by atoms with Gasteiger partial charge in [0.25, 0.3) is 5.56 Å². The molecular formula is C17H12F2N4O5S. The van der Waals surface area contributed by atoms with Crippen molar-refractivity contribution in [3.05, 3.63) is 62.9 Å². The Morgan fingerprint density at radius 2 is 2.00 bits per heavy atom. The van der Waals surface area contributed by atoms with Crippen LogP contribution in [0.3, 0.4) is 0 Å². The minimum atomic E-state index is -1.62. The number of anilines is 1. The molecule has 6 N–H and O–H groups in total. The van der Waals surface area contributed by atoms with Gasteiger partial charge in [-0.1, -0.05) is 0 Å². The molecule has 0 aliphatic rings. The van der Waals surface area contributed by atoms with Crippen LogP contribution >= 0.6 is 11.3 Å². The second kappa shape index (κ2) is 7.77. The molecule has 0 fully saturated rings. The van der Waals surface area contributed by atoms with Gasteiger partial charge >= 0.3 is 5.97 Å². The van der Waals surface area contributed by atoms with Crippen LogP contribution in [0, 0.1) is 11.6 Å². The van der Waals surface area contributed by atoms with E-state index in [4.69, 9.17) is 10.8 Å². The highest BCUT2D eigenvalue weighted by atomic mass is 32.1. The normalized spacial score (nSPS) is 11.8. The first-order chi connectivity index (χ1) is 13.7. The Hall–Kier alpha value is -3.64. The zero-order valence-electron chi connectivity index (χ0n) is 14.3. The van der Waals surface area contributed by atoms with Crippen LogP contribution in [0.1, 0.15) is 22.1 Å². The number of hydrogen-bond acceptors (Lipinski definition) is 7. The number of amides is 1. The minimum absolute atomic E-state index is 0.0949. The molecule has 2 aromatic heterocycles. The monoisotopic (exact) mass is 422 g/mol. The molecule has 3 aromatic rings. The minimum Gasteiger partial charge on any atom is -0.501 e.